The first-order valence-electron chi connectivity index (χ1n) is 7.15. The standard InChI is InChI=1S/C9H4BrClOS.C9H5BrO2S/c2*10-6-1-2-7-5(3-6)4-8(13-7)9(11)12/h1-4H;1-4H,(H,11,12). The van der Waals surface area contributed by atoms with Crippen molar-refractivity contribution in [3.8, 4) is 0 Å². The number of fused-ring (bicyclic) bond motifs is 2. The molecule has 0 amide bonds. The van der Waals surface area contributed by atoms with Gasteiger partial charge in [-0.05, 0) is 70.9 Å². The third-order valence-electron chi connectivity index (χ3n) is 3.36. The zero-order chi connectivity index (χ0) is 18.8. The summed E-state index contributed by atoms with van der Waals surface area (Å²) in [6, 6.07) is 15.1. The summed E-state index contributed by atoms with van der Waals surface area (Å²) in [6.45, 7) is 0. The number of thiophene rings is 2. The van der Waals surface area contributed by atoms with Crippen LogP contribution in [0.15, 0.2) is 57.5 Å². The van der Waals surface area contributed by atoms with Crippen molar-refractivity contribution in [2.45, 2.75) is 0 Å². The van der Waals surface area contributed by atoms with Gasteiger partial charge in [0.15, 0.2) is 0 Å². The topological polar surface area (TPSA) is 54.4 Å². The molecule has 2 heterocycles. The van der Waals surface area contributed by atoms with E-state index in [4.69, 9.17) is 16.7 Å². The van der Waals surface area contributed by atoms with E-state index in [0.29, 0.717) is 9.75 Å². The van der Waals surface area contributed by atoms with Crippen molar-refractivity contribution in [1.29, 1.82) is 0 Å². The van der Waals surface area contributed by atoms with E-state index >= 15 is 0 Å². The highest BCUT2D eigenvalue weighted by molar-refractivity contribution is 9.10. The van der Waals surface area contributed by atoms with E-state index in [1.807, 2.05) is 36.4 Å². The maximum absolute atomic E-state index is 10.9. The molecule has 0 aliphatic rings. The number of rotatable bonds is 2. The molecule has 1 N–H and O–H groups in total. The number of halogens is 3. The Morgan fingerprint density at radius 3 is 1.73 bits per heavy atom. The van der Waals surface area contributed by atoms with Gasteiger partial charge in [-0.25, -0.2) is 4.79 Å². The van der Waals surface area contributed by atoms with Crippen molar-refractivity contribution in [2.24, 2.45) is 0 Å². The number of carbonyl (C=O) groups excluding carboxylic acids is 1. The van der Waals surface area contributed by atoms with Gasteiger partial charge in [0.1, 0.15) is 4.88 Å². The molecule has 0 bridgehead atoms. The third-order valence-corrected chi connectivity index (χ3v) is 6.88. The fraction of sp³-hybridized carbons (Fsp3) is 0. The van der Waals surface area contributed by atoms with Crippen LogP contribution in [-0.4, -0.2) is 16.3 Å². The lowest BCUT2D eigenvalue weighted by molar-refractivity contribution is 0.0702. The summed E-state index contributed by atoms with van der Waals surface area (Å²) in [5, 5.41) is 10.4. The van der Waals surface area contributed by atoms with Gasteiger partial charge in [0.2, 0.25) is 0 Å². The highest BCUT2D eigenvalue weighted by Crippen LogP contribution is 2.29. The van der Waals surface area contributed by atoms with Crippen LogP contribution >= 0.6 is 66.1 Å². The second-order valence-corrected chi connectivity index (χ2v) is 9.51. The van der Waals surface area contributed by atoms with Crippen molar-refractivity contribution >= 4 is 97.5 Å². The van der Waals surface area contributed by atoms with E-state index in [-0.39, 0.29) is 0 Å². The largest absolute Gasteiger partial charge is 0.477 e. The molecular formula is C18H9Br2ClO3S2. The first-order valence-corrected chi connectivity index (χ1v) is 10.7. The minimum Gasteiger partial charge on any atom is -0.477 e. The van der Waals surface area contributed by atoms with Crippen LogP contribution in [0.4, 0.5) is 0 Å². The first kappa shape index (κ1) is 19.5. The molecule has 0 aliphatic heterocycles. The van der Waals surface area contributed by atoms with Crippen LogP contribution < -0.4 is 0 Å². The summed E-state index contributed by atoms with van der Waals surface area (Å²) < 4.78 is 4.05. The van der Waals surface area contributed by atoms with E-state index in [0.717, 1.165) is 29.1 Å². The highest BCUT2D eigenvalue weighted by atomic mass is 79.9. The zero-order valence-electron chi connectivity index (χ0n) is 12.8. The highest BCUT2D eigenvalue weighted by Gasteiger charge is 2.08. The fourth-order valence-corrected chi connectivity index (χ4v) is 4.92. The van der Waals surface area contributed by atoms with Crippen molar-refractivity contribution in [3.05, 3.63) is 67.2 Å². The smallest absolute Gasteiger partial charge is 0.345 e. The molecule has 4 aromatic rings. The lowest BCUT2D eigenvalue weighted by Gasteiger charge is -1.88. The SMILES string of the molecule is O=C(Cl)c1cc2cc(Br)ccc2s1.O=C(O)c1cc2cc(Br)ccc2s1. The zero-order valence-corrected chi connectivity index (χ0v) is 18.4. The lowest BCUT2D eigenvalue weighted by atomic mass is 10.2. The van der Waals surface area contributed by atoms with Gasteiger partial charge in [-0.15, -0.1) is 22.7 Å². The van der Waals surface area contributed by atoms with Crippen LogP contribution in [0.3, 0.4) is 0 Å². The molecule has 2 aromatic carbocycles. The number of hydrogen-bond donors (Lipinski definition) is 1. The average Bonchev–Trinajstić information content (AvgIpc) is 3.18. The molecule has 0 spiro atoms. The van der Waals surface area contributed by atoms with Gasteiger partial charge < -0.3 is 5.11 Å². The normalized spacial score (nSPS) is 10.6. The molecule has 0 unspecified atom stereocenters. The quantitative estimate of drug-likeness (QED) is 0.274. The van der Waals surface area contributed by atoms with Crippen molar-refractivity contribution in [3.63, 3.8) is 0 Å². The molecule has 8 heteroatoms. The van der Waals surface area contributed by atoms with Gasteiger partial charge in [-0.2, -0.15) is 0 Å². The van der Waals surface area contributed by atoms with E-state index in [1.165, 1.54) is 22.7 Å². The predicted octanol–water partition coefficient (Wildman–Crippen LogP) is 7.40. The Labute approximate surface area is 178 Å². The molecule has 0 radical (unpaired) electrons. The van der Waals surface area contributed by atoms with Crippen LogP contribution in [0.5, 0.6) is 0 Å². The fourth-order valence-electron chi connectivity index (χ4n) is 2.23. The molecule has 0 atom stereocenters. The van der Waals surface area contributed by atoms with Crippen molar-refractivity contribution < 1.29 is 14.7 Å². The summed E-state index contributed by atoms with van der Waals surface area (Å²) in [7, 11) is 0. The minimum atomic E-state index is -0.864. The summed E-state index contributed by atoms with van der Waals surface area (Å²) in [6.07, 6.45) is 0. The maximum Gasteiger partial charge on any atom is 0.345 e. The third kappa shape index (κ3) is 4.53. The molecule has 3 nitrogen and oxygen atoms in total. The van der Waals surface area contributed by atoms with E-state index in [1.54, 1.807) is 12.1 Å². The van der Waals surface area contributed by atoms with Gasteiger partial charge in [0, 0.05) is 18.3 Å². The predicted molar refractivity (Wildman–Crippen MR) is 116 cm³/mol. The van der Waals surface area contributed by atoms with Crippen LogP contribution in [0.25, 0.3) is 20.2 Å². The maximum atomic E-state index is 10.9. The van der Waals surface area contributed by atoms with Gasteiger partial charge in [0.25, 0.3) is 5.24 Å². The van der Waals surface area contributed by atoms with Gasteiger partial charge in [0.05, 0.1) is 4.88 Å². The van der Waals surface area contributed by atoms with E-state index in [9.17, 15) is 9.59 Å². The van der Waals surface area contributed by atoms with Crippen LogP contribution in [0.1, 0.15) is 19.3 Å². The van der Waals surface area contributed by atoms with Crippen LogP contribution in [0.2, 0.25) is 0 Å². The van der Waals surface area contributed by atoms with Crippen LogP contribution in [0, 0.1) is 0 Å². The Kier molecular flexibility index (Phi) is 6.14. The monoisotopic (exact) mass is 530 g/mol. The van der Waals surface area contributed by atoms with Crippen molar-refractivity contribution in [1.82, 2.24) is 0 Å². The Morgan fingerprint density at radius 2 is 1.27 bits per heavy atom. The second kappa shape index (κ2) is 8.19. The van der Waals surface area contributed by atoms with Gasteiger partial charge in [-0.1, -0.05) is 31.9 Å². The number of benzene rings is 2. The summed E-state index contributed by atoms with van der Waals surface area (Å²) in [5.74, 6) is -0.864. The number of carboxylic acid groups (broad SMARTS) is 1. The average molecular weight is 533 g/mol. The molecular weight excluding hydrogens is 524 g/mol. The first-order chi connectivity index (χ1) is 12.3. The minimum absolute atomic E-state index is 0.383. The molecule has 0 saturated heterocycles. The summed E-state index contributed by atoms with van der Waals surface area (Å²) in [4.78, 5) is 22.5. The number of carboxylic acids is 1. The Morgan fingerprint density at radius 1 is 0.808 bits per heavy atom. The summed E-state index contributed by atoms with van der Waals surface area (Å²) >= 11 is 14.8. The second-order valence-electron chi connectivity index (χ2n) is 5.16. The molecule has 0 fully saturated rings. The molecule has 0 aliphatic carbocycles. The summed E-state index contributed by atoms with van der Waals surface area (Å²) in [5.41, 5.74) is 0. The molecule has 4 rings (SSSR count). The van der Waals surface area contributed by atoms with Gasteiger partial charge >= 0.3 is 5.97 Å². The van der Waals surface area contributed by atoms with Crippen LogP contribution in [-0.2, 0) is 0 Å². The Bertz CT molecular complexity index is 1040. The van der Waals surface area contributed by atoms with E-state index < -0.39 is 11.2 Å². The lowest BCUT2D eigenvalue weighted by Crippen LogP contribution is -1.89. The number of aromatic carboxylic acids is 1. The van der Waals surface area contributed by atoms with Gasteiger partial charge in [-0.3, -0.25) is 4.79 Å². The Balaban J connectivity index is 0.000000151. The number of carbonyl (C=O) groups is 2. The van der Waals surface area contributed by atoms with Crippen molar-refractivity contribution in [2.75, 3.05) is 0 Å². The molecule has 2 aromatic heterocycles. The molecule has 0 saturated carbocycles. The number of hydrogen-bond acceptors (Lipinski definition) is 4. The van der Waals surface area contributed by atoms with E-state index in [2.05, 4.69) is 31.9 Å². The molecule has 26 heavy (non-hydrogen) atoms. The molecule has 132 valence electrons. The Hall–Kier alpha value is -1.25.